The van der Waals surface area contributed by atoms with Crippen molar-refractivity contribution in [2.75, 3.05) is 6.54 Å². The van der Waals surface area contributed by atoms with Gasteiger partial charge in [-0.25, -0.2) is 4.79 Å². The Morgan fingerprint density at radius 2 is 2.00 bits per heavy atom. The normalized spacial score (nSPS) is 20.2. The van der Waals surface area contributed by atoms with E-state index < -0.39 is 5.60 Å². The molecule has 3 rings (SSSR count). The molecule has 4 heteroatoms. The average Bonchev–Trinajstić information content (AvgIpc) is 2.93. The van der Waals surface area contributed by atoms with Crippen molar-refractivity contribution in [3.63, 3.8) is 0 Å². The second kappa shape index (κ2) is 6.51. The number of fused-ring (bicyclic) bond motifs is 1. The van der Waals surface area contributed by atoms with E-state index in [4.69, 9.17) is 4.74 Å². The second-order valence-electron chi connectivity index (χ2n) is 7.77. The standard InChI is InChI=1S/C21H25NO3/c1-14-11-15(13-23)12-18(14)19-17-8-6-5-7-16(17)9-10-22(19)20(24)25-21(2,3)4/h5-8,12-13,19H,9-11H2,1-4H3. The molecule has 1 aromatic carbocycles. The molecule has 25 heavy (non-hydrogen) atoms. The molecule has 1 atom stereocenters. The van der Waals surface area contributed by atoms with E-state index in [2.05, 4.69) is 12.1 Å². The van der Waals surface area contributed by atoms with Crippen LogP contribution in [-0.2, 0) is 16.0 Å². The topological polar surface area (TPSA) is 46.6 Å². The second-order valence-corrected chi connectivity index (χ2v) is 7.77. The van der Waals surface area contributed by atoms with Crippen LogP contribution in [0.1, 0.15) is 51.3 Å². The first-order valence-corrected chi connectivity index (χ1v) is 8.73. The van der Waals surface area contributed by atoms with Crippen molar-refractivity contribution >= 4 is 12.4 Å². The number of nitrogens with zero attached hydrogens (tertiary/aromatic N) is 1. The fourth-order valence-corrected chi connectivity index (χ4v) is 3.59. The van der Waals surface area contributed by atoms with Gasteiger partial charge in [-0.1, -0.05) is 29.8 Å². The summed E-state index contributed by atoms with van der Waals surface area (Å²) in [7, 11) is 0. The fraction of sp³-hybridized carbons (Fsp3) is 0.429. The molecule has 1 unspecified atom stereocenters. The number of carbonyl (C=O) groups is 2. The summed E-state index contributed by atoms with van der Waals surface area (Å²) in [4.78, 5) is 25.9. The maximum atomic E-state index is 12.8. The Kier molecular flexibility index (Phi) is 4.55. The van der Waals surface area contributed by atoms with Gasteiger partial charge in [0, 0.05) is 6.54 Å². The van der Waals surface area contributed by atoms with E-state index in [0.29, 0.717) is 13.0 Å². The summed E-state index contributed by atoms with van der Waals surface area (Å²) >= 11 is 0. The summed E-state index contributed by atoms with van der Waals surface area (Å²) < 4.78 is 5.64. The van der Waals surface area contributed by atoms with Crippen LogP contribution in [0.3, 0.4) is 0 Å². The van der Waals surface area contributed by atoms with E-state index in [0.717, 1.165) is 35.0 Å². The Bertz CT molecular complexity index is 768. The highest BCUT2D eigenvalue weighted by Gasteiger charge is 2.36. The minimum absolute atomic E-state index is 0.197. The monoisotopic (exact) mass is 339 g/mol. The quantitative estimate of drug-likeness (QED) is 0.752. The Morgan fingerprint density at radius 1 is 1.28 bits per heavy atom. The molecule has 0 N–H and O–H groups in total. The first kappa shape index (κ1) is 17.5. The maximum Gasteiger partial charge on any atom is 0.411 e. The van der Waals surface area contributed by atoms with E-state index in [1.54, 1.807) is 4.90 Å². The third kappa shape index (κ3) is 3.53. The van der Waals surface area contributed by atoms with Gasteiger partial charge in [0.25, 0.3) is 0 Å². The number of hydrogen-bond acceptors (Lipinski definition) is 3. The van der Waals surface area contributed by atoms with Gasteiger partial charge < -0.3 is 4.74 Å². The molecular weight excluding hydrogens is 314 g/mol. The smallest absolute Gasteiger partial charge is 0.411 e. The Labute approximate surface area is 149 Å². The van der Waals surface area contributed by atoms with Crippen molar-refractivity contribution < 1.29 is 14.3 Å². The van der Waals surface area contributed by atoms with Crippen LogP contribution in [0.2, 0.25) is 0 Å². The van der Waals surface area contributed by atoms with Gasteiger partial charge in [-0.15, -0.1) is 0 Å². The van der Waals surface area contributed by atoms with Crippen LogP contribution in [-0.4, -0.2) is 29.4 Å². The van der Waals surface area contributed by atoms with Crippen molar-refractivity contribution in [3.8, 4) is 0 Å². The van der Waals surface area contributed by atoms with Crippen molar-refractivity contribution in [3.05, 3.63) is 58.2 Å². The number of hydrogen-bond donors (Lipinski definition) is 0. The van der Waals surface area contributed by atoms with E-state index in [1.165, 1.54) is 5.56 Å². The first-order valence-electron chi connectivity index (χ1n) is 8.73. The largest absolute Gasteiger partial charge is 0.444 e. The minimum atomic E-state index is -0.540. The van der Waals surface area contributed by atoms with Gasteiger partial charge in [0.2, 0.25) is 0 Å². The molecule has 0 bridgehead atoms. The molecule has 2 aliphatic rings. The molecule has 0 spiro atoms. The van der Waals surface area contributed by atoms with Gasteiger partial charge >= 0.3 is 6.09 Å². The highest BCUT2D eigenvalue weighted by atomic mass is 16.6. The summed E-state index contributed by atoms with van der Waals surface area (Å²) in [5, 5.41) is 0. The molecular formula is C21H25NO3. The zero-order valence-electron chi connectivity index (χ0n) is 15.3. The molecule has 0 saturated heterocycles. The number of benzene rings is 1. The predicted molar refractivity (Wildman–Crippen MR) is 97.3 cm³/mol. The van der Waals surface area contributed by atoms with Crippen molar-refractivity contribution in [2.45, 2.75) is 52.2 Å². The van der Waals surface area contributed by atoms with Crippen LogP contribution < -0.4 is 0 Å². The van der Waals surface area contributed by atoms with Crippen LogP contribution in [0.15, 0.2) is 47.1 Å². The number of aldehydes is 1. The molecule has 0 aromatic heterocycles. The van der Waals surface area contributed by atoms with Crippen molar-refractivity contribution in [2.24, 2.45) is 0 Å². The molecule has 0 fully saturated rings. The summed E-state index contributed by atoms with van der Waals surface area (Å²) in [5.74, 6) is 0. The van der Waals surface area contributed by atoms with Gasteiger partial charge in [0.1, 0.15) is 11.9 Å². The molecule has 132 valence electrons. The van der Waals surface area contributed by atoms with Crippen LogP contribution in [0, 0.1) is 0 Å². The minimum Gasteiger partial charge on any atom is -0.444 e. The number of amides is 1. The molecule has 1 amide bonds. The lowest BCUT2D eigenvalue weighted by Crippen LogP contribution is -2.43. The van der Waals surface area contributed by atoms with Crippen molar-refractivity contribution in [1.82, 2.24) is 4.90 Å². The van der Waals surface area contributed by atoms with E-state index in [-0.39, 0.29) is 12.1 Å². The first-order chi connectivity index (χ1) is 11.8. The number of ether oxygens (including phenoxy) is 1. The lowest BCUT2D eigenvalue weighted by atomic mass is 9.87. The SMILES string of the molecule is CC1=C(C2c3ccccc3CCN2C(=O)OC(C)(C)C)C=C(C=O)C1. The predicted octanol–water partition coefficient (Wildman–Crippen LogP) is 4.37. The molecule has 4 nitrogen and oxygen atoms in total. The fourth-order valence-electron chi connectivity index (χ4n) is 3.59. The van der Waals surface area contributed by atoms with Gasteiger partial charge in [0.05, 0.1) is 6.04 Å². The molecule has 1 aromatic rings. The lowest BCUT2D eigenvalue weighted by molar-refractivity contribution is -0.104. The zero-order valence-corrected chi connectivity index (χ0v) is 15.3. The highest BCUT2D eigenvalue weighted by Crippen LogP contribution is 2.41. The van der Waals surface area contributed by atoms with Crippen LogP contribution in [0.4, 0.5) is 4.79 Å². The lowest BCUT2D eigenvalue weighted by Gasteiger charge is -2.39. The van der Waals surface area contributed by atoms with Crippen LogP contribution in [0.5, 0.6) is 0 Å². The Balaban J connectivity index is 2.04. The van der Waals surface area contributed by atoms with Crippen LogP contribution >= 0.6 is 0 Å². The number of carbonyl (C=O) groups excluding carboxylic acids is 2. The summed E-state index contributed by atoms with van der Waals surface area (Å²) in [6.45, 7) is 8.28. The summed E-state index contributed by atoms with van der Waals surface area (Å²) in [6, 6.07) is 8.02. The molecule has 0 saturated carbocycles. The van der Waals surface area contributed by atoms with E-state index in [9.17, 15) is 9.59 Å². The number of allylic oxidation sites excluding steroid dienone is 2. The van der Waals surface area contributed by atoms with Crippen molar-refractivity contribution in [1.29, 1.82) is 0 Å². The highest BCUT2D eigenvalue weighted by molar-refractivity contribution is 5.78. The maximum absolute atomic E-state index is 12.8. The third-order valence-electron chi connectivity index (χ3n) is 4.66. The summed E-state index contributed by atoms with van der Waals surface area (Å²) in [5.41, 5.74) is 4.77. The van der Waals surface area contributed by atoms with Crippen LogP contribution in [0.25, 0.3) is 0 Å². The molecule has 1 aliphatic carbocycles. The number of rotatable bonds is 2. The van der Waals surface area contributed by atoms with Gasteiger partial charge in [-0.2, -0.15) is 0 Å². The van der Waals surface area contributed by atoms with E-state index in [1.807, 2.05) is 45.9 Å². The molecule has 1 heterocycles. The average molecular weight is 339 g/mol. The summed E-state index contributed by atoms with van der Waals surface area (Å²) in [6.07, 6.45) is 4.00. The van der Waals surface area contributed by atoms with Gasteiger partial charge in [-0.3, -0.25) is 9.69 Å². The molecule has 0 radical (unpaired) electrons. The zero-order chi connectivity index (χ0) is 18.2. The van der Waals surface area contributed by atoms with Gasteiger partial charge in [0.15, 0.2) is 0 Å². The van der Waals surface area contributed by atoms with E-state index >= 15 is 0 Å². The molecule has 1 aliphatic heterocycles. The van der Waals surface area contributed by atoms with Gasteiger partial charge in [-0.05, 0) is 68.9 Å². The Hall–Kier alpha value is -2.36. The third-order valence-corrected chi connectivity index (χ3v) is 4.66. The Morgan fingerprint density at radius 3 is 2.64 bits per heavy atom.